The van der Waals surface area contributed by atoms with E-state index in [4.69, 9.17) is 9.47 Å². The minimum Gasteiger partial charge on any atom is -0.490 e. The van der Waals surface area contributed by atoms with Gasteiger partial charge in [-0.1, -0.05) is 42.5 Å². The summed E-state index contributed by atoms with van der Waals surface area (Å²) < 4.78 is 11.2. The van der Waals surface area contributed by atoms with Crippen LogP contribution in [0.5, 0.6) is 11.5 Å². The Kier molecular flexibility index (Phi) is 9.20. The molecule has 0 bridgehead atoms. The van der Waals surface area contributed by atoms with Gasteiger partial charge in [-0.15, -0.1) is 0 Å². The molecule has 3 aromatic carbocycles. The molecule has 0 aliphatic rings. The highest BCUT2D eigenvalue weighted by molar-refractivity contribution is 7.97. The third-order valence-corrected chi connectivity index (χ3v) is 5.62. The lowest BCUT2D eigenvalue weighted by atomic mass is 10.1. The number of hydrazone groups is 1. The molecule has 3 rings (SSSR count). The summed E-state index contributed by atoms with van der Waals surface area (Å²) in [4.78, 5) is 12.4. The Balaban J connectivity index is 1.51. The zero-order valence-electron chi connectivity index (χ0n) is 18.4. The SMILES string of the molecule is CCOc1ccc(/C=N\NC(=O)c2ccc(CSCc3ccccc3)cc2)cc1OCC. The zero-order chi connectivity index (χ0) is 22.6. The number of amides is 1. The third-order valence-electron chi connectivity index (χ3n) is 4.54. The van der Waals surface area contributed by atoms with Gasteiger partial charge in [-0.2, -0.15) is 16.9 Å². The summed E-state index contributed by atoms with van der Waals surface area (Å²) in [5.74, 6) is 2.96. The second-order valence-corrected chi connectivity index (χ2v) is 7.93. The van der Waals surface area contributed by atoms with Crippen LogP contribution in [0.15, 0.2) is 77.9 Å². The van der Waals surface area contributed by atoms with Crippen LogP contribution < -0.4 is 14.9 Å². The van der Waals surface area contributed by atoms with Gasteiger partial charge in [0.15, 0.2) is 11.5 Å². The number of hydrogen-bond donors (Lipinski definition) is 1. The molecule has 6 heteroatoms. The van der Waals surface area contributed by atoms with E-state index in [1.807, 2.05) is 74.1 Å². The molecule has 0 fully saturated rings. The van der Waals surface area contributed by atoms with Gasteiger partial charge >= 0.3 is 0 Å². The minimum absolute atomic E-state index is 0.249. The van der Waals surface area contributed by atoms with Gasteiger partial charge in [-0.05, 0) is 60.9 Å². The second kappa shape index (κ2) is 12.6. The Morgan fingerprint density at radius 3 is 2.22 bits per heavy atom. The lowest BCUT2D eigenvalue weighted by Crippen LogP contribution is -2.17. The highest BCUT2D eigenvalue weighted by Gasteiger charge is 2.06. The summed E-state index contributed by atoms with van der Waals surface area (Å²) in [5, 5.41) is 4.08. The fourth-order valence-corrected chi connectivity index (χ4v) is 3.95. The second-order valence-electron chi connectivity index (χ2n) is 6.95. The molecule has 5 nitrogen and oxygen atoms in total. The fraction of sp³-hybridized carbons (Fsp3) is 0.231. The van der Waals surface area contributed by atoms with Crippen molar-refractivity contribution in [1.29, 1.82) is 0 Å². The molecule has 0 aromatic heterocycles. The summed E-state index contributed by atoms with van der Waals surface area (Å²) >= 11 is 1.85. The summed E-state index contributed by atoms with van der Waals surface area (Å²) in [6.07, 6.45) is 1.59. The molecule has 3 aromatic rings. The molecule has 0 saturated heterocycles. The predicted octanol–water partition coefficient (Wildman–Crippen LogP) is 5.68. The van der Waals surface area contributed by atoms with Gasteiger partial charge in [0, 0.05) is 17.1 Å². The van der Waals surface area contributed by atoms with E-state index in [-0.39, 0.29) is 5.91 Å². The van der Waals surface area contributed by atoms with Crippen LogP contribution >= 0.6 is 11.8 Å². The molecule has 166 valence electrons. The average molecular weight is 449 g/mol. The van der Waals surface area contributed by atoms with Crippen LogP contribution in [0.3, 0.4) is 0 Å². The molecular formula is C26H28N2O3S. The van der Waals surface area contributed by atoms with Crippen LogP contribution in [-0.2, 0) is 11.5 Å². The number of carbonyl (C=O) groups excluding carboxylic acids is 1. The van der Waals surface area contributed by atoms with Crippen LogP contribution in [0.1, 0.15) is 40.9 Å². The highest BCUT2D eigenvalue weighted by atomic mass is 32.2. The molecule has 1 amide bonds. The Labute approximate surface area is 193 Å². The van der Waals surface area contributed by atoms with E-state index in [0.29, 0.717) is 30.3 Å². The molecular weight excluding hydrogens is 420 g/mol. The average Bonchev–Trinajstić information content (AvgIpc) is 2.82. The van der Waals surface area contributed by atoms with Crippen molar-refractivity contribution >= 4 is 23.9 Å². The normalized spacial score (nSPS) is 10.8. The monoisotopic (exact) mass is 448 g/mol. The number of thioether (sulfide) groups is 1. The first-order chi connectivity index (χ1) is 15.7. The van der Waals surface area contributed by atoms with Crippen LogP contribution in [-0.4, -0.2) is 25.3 Å². The number of nitrogens with one attached hydrogen (secondary N) is 1. The van der Waals surface area contributed by atoms with Crippen molar-refractivity contribution in [2.45, 2.75) is 25.4 Å². The Bertz CT molecular complexity index is 1020. The van der Waals surface area contributed by atoms with E-state index in [0.717, 1.165) is 17.1 Å². The number of benzene rings is 3. The van der Waals surface area contributed by atoms with Gasteiger partial charge in [-0.3, -0.25) is 4.79 Å². The van der Waals surface area contributed by atoms with Crippen molar-refractivity contribution in [2.24, 2.45) is 5.10 Å². The Morgan fingerprint density at radius 1 is 0.875 bits per heavy atom. The predicted molar refractivity (Wildman–Crippen MR) is 132 cm³/mol. The number of nitrogens with zero attached hydrogens (tertiary/aromatic N) is 1. The molecule has 1 N–H and O–H groups in total. The summed E-state index contributed by atoms with van der Waals surface area (Å²) in [6.45, 7) is 4.95. The van der Waals surface area contributed by atoms with Gasteiger partial charge in [0.1, 0.15) is 0 Å². The first-order valence-corrected chi connectivity index (χ1v) is 11.8. The lowest BCUT2D eigenvalue weighted by Gasteiger charge is -2.11. The molecule has 0 aliphatic heterocycles. The maximum atomic E-state index is 12.4. The van der Waals surface area contributed by atoms with Gasteiger partial charge in [-0.25, -0.2) is 5.43 Å². The van der Waals surface area contributed by atoms with E-state index >= 15 is 0 Å². The smallest absolute Gasteiger partial charge is 0.271 e. The number of carbonyl (C=O) groups is 1. The first kappa shape index (κ1) is 23.4. The quantitative estimate of drug-likeness (QED) is 0.303. The molecule has 32 heavy (non-hydrogen) atoms. The molecule has 0 aliphatic carbocycles. The molecule has 0 saturated carbocycles. The van der Waals surface area contributed by atoms with Crippen molar-refractivity contribution in [3.05, 3.63) is 95.1 Å². The largest absolute Gasteiger partial charge is 0.490 e. The van der Waals surface area contributed by atoms with E-state index in [1.165, 1.54) is 11.1 Å². The zero-order valence-corrected chi connectivity index (χ0v) is 19.2. The van der Waals surface area contributed by atoms with E-state index in [2.05, 4.69) is 34.8 Å². The molecule has 0 unspecified atom stereocenters. The maximum Gasteiger partial charge on any atom is 0.271 e. The first-order valence-electron chi connectivity index (χ1n) is 10.6. The molecule has 0 radical (unpaired) electrons. The van der Waals surface area contributed by atoms with Crippen LogP contribution in [0.25, 0.3) is 0 Å². The van der Waals surface area contributed by atoms with Crippen molar-refractivity contribution in [1.82, 2.24) is 5.43 Å². The lowest BCUT2D eigenvalue weighted by molar-refractivity contribution is 0.0955. The van der Waals surface area contributed by atoms with Crippen molar-refractivity contribution in [2.75, 3.05) is 13.2 Å². The van der Waals surface area contributed by atoms with Gasteiger partial charge < -0.3 is 9.47 Å². The summed E-state index contributed by atoms with van der Waals surface area (Å²) in [5.41, 5.74) is 6.45. The van der Waals surface area contributed by atoms with Gasteiger partial charge in [0.05, 0.1) is 19.4 Å². The van der Waals surface area contributed by atoms with Crippen molar-refractivity contribution < 1.29 is 14.3 Å². The standard InChI is InChI=1S/C26H28N2O3S/c1-3-30-24-15-12-22(16-25(24)31-4-2)17-27-28-26(29)23-13-10-21(11-14-23)19-32-18-20-8-6-5-7-9-20/h5-17H,3-4,18-19H2,1-2H3,(H,28,29)/b27-17-. The molecule has 0 spiro atoms. The highest BCUT2D eigenvalue weighted by Crippen LogP contribution is 2.28. The van der Waals surface area contributed by atoms with Crippen LogP contribution in [0.2, 0.25) is 0 Å². The van der Waals surface area contributed by atoms with E-state index in [9.17, 15) is 4.79 Å². The van der Waals surface area contributed by atoms with Crippen LogP contribution in [0, 0.1) is 0 Å². The third kappa shape index (κ3) is 7.17. The number of rotatable bonds is 11. The minimum atomic E-state index is -0.249. The fourth-order valence-electron chi connectivity index (χ4n) is 2.99. The molecule has 0 atom stereocenters. The summed E-state index contributed by atoms with van der Waals surface area (Å²) in [7, 11) is 0. The maximum absolute atomic E-state index is 12.4. The number of hydrogen-bond acceptors (Lipinski definition) is 5. The Hall–Kier alpha value is -3.25. The topological polar surface area (TPSA) is 59.9 Å². The van der Waals surface area contributed by atoms with E-state index in [1.54, 1.807) is 6.21 Å². The van der Waals surface area contributed by atoms with Gasteiger partial charge in [0.2, 0.25) is 0 Å². The molecule has 0 heterocycles. The number of ether oxygens (including phenoxy) is 2. The van der Waals surface area contributed by atoms with Crippen molar-refractivity contribution in [3.8, 4) is 11.5 Å². The van der Waals surface area contributed by atoms with Gasteiger partial charge in [0.25, 0.3) is 5.91 Å². The van der Waals surface area contributed by atoms with Crippen molar-refractivity contribution in [3.63, 3.8) is 0 Å². The summed E-state index contributed by atoms with van der Waals surface area (Å²) in [6, 6.07) is 23.6. The van der Waals surface area contributed by atoms with E-state index < -0.39 is 0 Å². The van der Waals surface area contributed by atoms with Crippen LogP contribution in [0.4, 0.5) is 0 Å². The Morgan fingerprint density at radius 2 is 1.53 bits per heavy atom.